The molecule has 296 valence electrons. The van der Waals surface area contributed by atoms with Gasteiger partial charge in [0.15, 0.2) is 18.0 Å². The van der Waals surface area contributed by atoms with Crippen LogP contribution in [0, 0.1) is 25.7 Å². The summed E-state index contributed by atoms with van der Waals surface area (Å²) in [5.74, 6) is 1.45. The van der Waals surface area contributed by atoms with Gasteiger partial charge in [-0.05, 0) is 64.7 Å². The predicted molar refractivity (Wildman–Crippen MR) is 242 cm³/mol. The van der Waals surface area contributed by atoms with Crippen LogP contribution in [-0.4, -0.2) is 16.2 Å². The van der Waals surface area contributed by atoms with Gasteiger partial charge in [-0.25, -0.2) is 4.98 Å². The molecule has 7 aromatic carbocycles. The van der Waals surface area contributed by atoms with Gasteiger partial charge in [0.25, 0.3) is 0 Å². The Kier molecular flexibility index (Phi) is 6.23. The summed E-state index contributed by atoms with van der Waals surface area (Å²) in [4.78, 5) is 4.80. The van der Waals surface area contributed by atoms with Gasteiger partial charge in [-0.2, -0.15) is 12.1 Å². The monoisotopic (exact) mass is 971 g/mol. The molecule has 0 aliphatic carbocycles. The molecule has 2 atom stereocenters. The fraction of sp³-hybridized carbons (Fsp3) is 0.111. The summed E-state index contributed by atoms with van der Waals surface area (Å²) in [5.41, 5.74) is 3.95. The van der Waals surface area contributed by atoms with Crippen molar-refractivity contribution in [1.29, 1.82) is 0 Å². The summed E-state index contributed by atoms with van der Waals surface area (Å²) in [7, 11) is 0. The summed E-state index contributed by atoms with van der Waals surface area (Å²) in [6.07, 6.45) is 1.81. The molecule has 0 saturated carbocycles. The summed E-state index contributed by atoms with van der Waals surface area (Å²) >= 11 is 0. The summed E-state index contributed by atoms with van der Waals surface area (Å²) in [5, 5.41) is 1.97. The van der Waals surface area contributed by atoms with E-state index in [1.54, 1.807) is 36.4 Å². The summed E-state index contributed by atoms with van der Waals surface area (Å²) < 4.78 is 123. The largest absolute Gasteiger partial charge is 0.509 e. The fourth-order valence-corrected chi connectivity index (χ4v) is 8.89. The van der Waals surface area contributed by atoms with Crippen LogP contribution < -0.4 is 13.7 Å². The zero-order valence-corrected chi connectivity index (χ0v) is 35.0. The molecule has 2 aromatic heterocycles. The molecule has 2 bridgehead atoms. The Bertz CT molecular complexity index is 3660. The quantitative estimate of drug-likeness (QED) is 0.118. The average molecular weight is 972 g/mol. The van der Waals surface area contributed by atoms with Crippen molar-refractivity contribution in [3.63, 3.8) is 0 Å². The van der Waals surface area contributed by atoms with Crippen LogP contribution in [0.5, 0.6) is 11.5 Å². The normalized spacial score (nSPS) is 21.1. The Morgan fingerprint density at radius 3 is 2.12 bits per heavy atom. The molecular weight excluding hydrogens is 916 g/mol. The minimum Gasteiger partial charge on any atom is -0.509 e. The van der Waals surface area contributed by atoms with Crippen molar-refractivity contribution in [3.05, 3.63) is 200 Å². The smallest absolute Gasteiger partial charge is 0.184 e. The number of hydrogen-bond acceptors (Lipinski definition) is 2. The molecule has 5 heterocycles. The van der Waals surface area contributed by atoms with Crippen molar-refractivity contribution in [3.8, 4) is 39.6 Å². The van der Waals surface area contributed by atoms with Crippen molar-refractivity contribution in [1.82, 2.24) is 18.5 Å². The van der Waals surface area contributed by atoms with Crippen LogP contribution in [0.1, 0.15) is 49.7 Å². The number of ether oxygens (including phenoxy) is 1. The van der Waals surface area contributed by atoms with E-state index in [9.17, 15) is 0 Å². The molecule has 3 aliphatic rings. The van der Waals surface area contributed by atoms with Gasteiger partial charge in [-0.3, -0.25) is 4.48 Å². The van der Waals surface area contributed by atoms with Gasteiger partial charge in [0.2, 0.25) is 0 Å². The number of benzene rings is 7. The topological polar surface area (TPSA) is 27.1 Å². The molecule has 0 unspecified atom stereocenters. The zero-order valence-electron chi connectivity index (χ0n) is 45.7. The van der Waals surface area contributed by atoms with Gasteiger partial charge in [0.1, 0.15) is 11.5 Å². The second-order valence-electron chi connectivity index (χ2n) is 16.0. The third kappa shape index (κ3) is 5.83. The Labute approximate surface area is 384 Å². The molecule has 1 saturated heterocycles. The first-order valence-electron chi connectivity index (χ1n) is 25.8. The SMILES string of the molecule is [2H]c1c([2H])c([2H])c(-c2cccc(-c3c([2H])c([2H])c([2H])c([2H])c3[2H])c2[N@+]23[CH-][N@+](c4[c-]c(Oc5[c-]c6c(cc5)c5ccccc5n6-c5cc(C(C)(C)C)ccn5)ccc4)(C2)c2cccc(C([2H])([2H])[2H])c23)c([2H])c1[2H].[Pt]. The van der Waals surface area contributed by atoms with Crippen LogP contribution in [0.3, 0.4) is 0 Å². The second kappa shape index (κ2) is 14.3. The number of pyridine rings is 1. The maximum atomic E-state index is 9.14. The van der Waals surface area contributed by atoms with Crippen molar-refractivity contribution in [2.24, 2.45) is 0 Å². The van der Waals surface area contributed by atoms with Gasteiger partial charge in [-0.1, -0.05) is 129 Å². The van der Waals surface area contributed by atoms with Gasteiger partial charge < -0.3 is 13.8 Å². The zero-order chi connectivity index (χ0) is 51.1. The number of nitrogens with zero attached hydrogens (tertiary/aromatic N) is 4. The van der Waals surface area contributed by atoms with Crippen molar-refractivity contribution in [2.75, 3.05) is 6.67 Å². The number of fused-ring (bicyclic) bond motifs is 3. The van der Waals surface area contributed by atoms with E-state index in [2.05, 4.69) is 49.6 Å². The fourth-order valence-electron chi connectivity index (χ4n) is 8.89. The Balaban J connectivity index is 0.00000611. The second-order valence-corrected chi connectivity index (χ2v) is 16.0. The van der Waals surface area contributed by atoms with E-state index in [4.69, 9.17) is 27.5 Å². The minimum atomic E-state index is -2.70. The van der Waals surface area contributed by atoms with Gasteiger partial charge in [-0.15, -0.1) is 29.7 Å². The van der Waals surface area contributed by atoms with Gasteiger partial charge in [0.05, 0.1) is 20.4 Å². The van der Waals surface area contributed by atoms with Crippen molar-refractivity contribution in [2.45, 2.75) is 33.0 Å². The Morgan fingerprint density at radius 2 is 1.40 bits per heavy atom. The molecule has 0 amide bonds. The molecule has 3 aliphatic heterocycles. The number of aromatic nitrogens is 2. The molecule has 6 heteroatoms. The van der Waals surface area contributed by atoms with Crippen LogP contribution in [0.4, 0.5) is 22.7 Å². The first kappa shape index (κ1) is 26.2. The van der Waals surface area contributed by atoms with Crippen molar-refractivity contribution < 1.29 is 43.6 Å². The third-order valence-corrected chi connectivity index (χ3v) is 11.5. The molecule has 0 N–H and O–H groups in total. The van der Waals surface area contributed by atoms with Crippen LogP contribution in [0.15, 0.2) is 170 Å². The first-order chi connectivity index (χ1) is 34.1. The number of quaternary nitrogens is 2. The maximum absolute atomic E-state index is 9.14. The molecule has 60 heavy (non-hydrogen) atoms. The molecule has 5 nitrogen and oxygen atoms in total. The average Bonchev–Trinajstić information content (AvgIpc) is 3.94. The summed E-state index contributed by atoms with van der Waals surface area (Å²) in [6.45, 7) is 5.62. The predicted octanol–water partition coefficient (Wildman–Crippen LogP) is 13.9. The van der Waals surface area contributed by atoms with Crippen LogP contribution >= 0.6 is 0 Å². The third-order valence-electron chi connectivity index (χ3n) is 11.5. The molecule has 9 aromatic rings. The molecule has 1 fully saturated rings. The Morgan fingerprint density at radius 1 is 0.717 bits per heavy atom. The van der Waals surface area contributed by atoms with Gasteiger partial charge >= 0.3 is 0 Å². The maximum Gasteiger partial charge on any atom is 0.184 e. The standard InChI is InChI=1S/C54H43N4O.Pt/c1-37-16-13-27-50-52(37)58(53-44(38-17-7-5-8-18-38)24-15-25-45(53)39-19-9-6-10-20-39)35-57(50,36-58)41-21-14-22-42(33-41)59-43-28-29-47-46-23-11-12-26-48(46)56(49(47)34-43)51-32-40(30-31-55-51)54(2,3)4;/h5-32,35H,36H2,1-4H3;/q-1;/t57-,58-;/m1./s1/i1D3,5D,6D,7D,8D,9D,10D,17D,18D,19D,20D;. The summed E-state index contributed by atoms with van der Waals surface area (Å²) in [6, 6.07) is 32.2. The van der Waals surface area contributed by atoms with Crippen LogP contribution in [0.2, 0.25) is 0 Å². The Hall–Kier alpha value is -6.10. The number of rotatable bonds is 7. The first-order valence-corrected chi connectivity index (χ1v) is 19.3. The van der Waals surface area contributed by atoms with Crippen LogP contribution in [0.25, 0.3) is 49.9 Å². The minimum absolute atomic E-state index is 0. The van der Waals surface area contributed by atoms with E-state index < -0.39 is 71.8 Å². The number of hydrogen-bond donors (Lipinski definition) is 0. The van der Waals surface area contributed by atoms with E-state index >= 15 is 0 Å². The van der Waals surface area contributed by atoms with Crippen LogP contribution in [-0.2, 0) is 26.5 Å². The number of para-hydroxylation sites is 3. The number of aryl methyl sites for hydroxylation is 1. The molecular formula is C54H43N4OPt-. The molecule has 0 spiro atoms. The van der Waals surface area contributed by atoms with E-state index in [0.717, 1.165) is 33.2 Å². The van der Waals surface area contributed by atoms with Gasteiger partial charge in [0, 0.05) is 76.8 Å². The molecule has 0 radical (unpaired) electrons. The van der Waals surface area contributed by atoms with Crippen molar-refractivity contribution >= 4 is 44.6 Å². The van der Waals surface area contributed by atoms with E-state index in [1.165, 1.54) is 12.1 Å². The molecule has 12 rings (SSSR count). The van der Waals surface area contributed by atoms with E-state index in [0.29, 0.717) is 28.6 Å². The van der Waals surface area contributed by atoms with E-state index in [1.807, 2.05) is 55.3 Å². The van der Waals surface area contributed by atoms with E-state index in [-0.39, 0.29) is 71.1 Å².